The maximum atomic E-state index is 12.7. The molecule has 2 aromatic rings. The molecule has 0 aromatic carbocycles. The van der Waals surface area contributed by atoms with E-state index in [1.807, 2.05) is 11.8 Å². The van der Waals surface area contributed by atoms with Crippen LogP contribution in [0.4, 0.5) is 16.4 Å². The predicted molar refractivity (Wildman–Crippen MR) is 134 cm³/mol. The molecule has 3 amide bonds. The molecule has 2 fully saturated rings. The van der Waals surface area contributed by atoms with E-state index in [0.29, 0.717) is 29.2 Å². The molecule has 1 aliphatic heterocycles. The zero-order valence-electron chi connectivity index (χ0n) is 19.9. The maximum Gasteiger partial charge on any atom is 0.326 e. The summed E-state index contributed by atoms with van der Waals surface area (Å²) in [5.74, 6) is 0.551. The Hall–Kier alpha value is -3.86. The Balaban J connectivity index is 1.33. The highest BCUT2D eigenvalue weighted by atomic mass is 16.3. The number of nitrogens with one attached hydrogen (secondary N) is 3. The number of likely N-dealkylation sites (tertiary alicyclic amines) is 1. The van der Waals surface area contributed by atoms with Crippen molar-refractivity contribution in [3.63, 3.8) is 0 Å². The second-order valence-electron chi connectivity index (χ2n) is 8.93. The number of hydrogen-bond donors (Lipinski definition) is 4. The first-order chi connectivity index (χ1) is 16.8. The van der Waals surface area contributed by atoms with E-state index in [0.717, 1.165) is 32.4 Å². The Kier molecular flexibility index (Phi) is 7.35. The molecule has 1 aliphatic carbocycles. The third-order valence-electron chi connectivity index (χ3n) is 6.07. The van der Waals surface area contributed by atoms with Crippen molar-refractivity contribution in [1.82, 2.24) is 20.3 Å². The van der Waals surface area contributed by atoms with Gasteiger partial charge in [0.1, 0.15) is 18.0 Å². The molecular weight excluding hydrogens is 448 g/mol. The van der Waals surface area contributed by atoms with E-state index in [2.05, 4.69) is 36.1 Å². The van der Waals surface area contributed by atoms with Gasteiger partial charge in [0.25, 0.3) is 5.91 Å². The Labute approximate surface area is 203 Å². The number of urea groups is 1. The van der Waals surface area contributed by atoms with Crippen LogP contribution in [0.2, 0.25) is 0 Å². The summed E-state index contributed by atoms with van der Waals surface area (Å²) in [7, 11) is 0. The standard InChI is InChI=1S/C24H30N8O3/c1-16(31-27-15-26-24(2)14-19(24)33)18-7-6-8-20(28-18)29-23(35)30-21-13-17(9-10-25-21)22(34)32-11-4-3-5-12-32/h6-10,13,15,19,33H,3-5,11-12,14H2,1-2H3,(H,26,27)(H2,25,28,29,30,35)/b31-16+/t19-,24?/m1/s1. The zero-order valence-corrected chi connectivity index (χ0v) is 19.9. The number of carbonyl (C=O) groups excluding carboxylic acids is 2. The predicted octanol–water partition coefficient (Wildman–Crippen LogP) is 2.61. The molecule has 184 valence electrons. The van der Waals surface area contributed by atoms with Gasteiger partial charge in [-0.25, -0.2) is 14.8 Å². The quantitative estimate of drug-likeness (QED) is 0.274. The van der Waals surface area contributed by atoms with Gasteiger partial charge >= 0.3 is 6.03 Å². The highest BCUT2D eigenvalue weighted by Crippen LogP contribution is 2.38. The first-order valence-electron chi connectivity index (χ1n) is 11.7. The van der Waals surface area contributed by atoms with Crippen molar-refractivity contribution in [3.8, 4) is 0 Å². The van der Waals surface area contributed by atoms with Crippen molar-refractivity contribution in [2.75, 3.05) is 23.7 Å². The summed E-state index contributed by atoms with van der Waals surface area (Å²) in [5.41, 5.74) is 3.95. The van der Waals surface area contributed by atoms with Crippen molar-refractivity contribution in [1.29, 1.82) is 0 Å². The van der Waals surface area contributed by atoms with Crippen LogP contribution in [-0.4, -0.2) is 68.7 Å². The van der Waals surface area contributed by atoms with E-state index in [1.165, 1.54) is 12.5 Å². The van der Waals surface area contributed by atoms with Crippen molar-refractivity contribution in [2.45, 2.75) is 51.2 Å². The zero-order chi connectivity index (χ0) is 24.8. The largest absolute Gasteiger partial charge is 0.391 e. The number of pyridine rings is 2. The molecule has 1 saturated heterocycles. The van der Waals surface area contributed by atoms with Gasteiger partial charge in [-0.05, 0) is 57.4 Å². The third kappa shape index (κ3) is 6.38. The van der Waals surface area contributed by atoms with Crippen LogP contribution in [0.1, 0.15) is 55.6 Å². The average Bonchev–Trinajstić information content (AvgIpc) is 3.47. The number of aliphatic hydroxyl groups excluding tert-OH is 1. The summed E-state index contributed by atoms with van der Waals surface area (Å²) in [6.45, 7) is 5.14. The molecule has 0 radical (unpaired) electrons. The van der Waals surface area contributed by atoms with E-state index in [1.54, 1.807) is 37.3 Å². The number of hydrazone groups is 1. The van der Waals surface area contributed by atoms with Crippen LogP contribution in [-0.2, 0) is 0 Å². The van der Waals surface area contributed by atoms with E-state index < -0.39 is 17.7 Å². The second kappa shape index (κ2) is 10.6. The molecule has 1 saturated carbocycles. The number of carbonyl (C=O) groups is 2. The van der Waals surface area contributed by atoms with E-state index in [9.17, 15) is 14.7 Å². The van der Waals surface area contributed by atoms with Crippen LogP contribution in [0.15, 0.2) is 46.6 Å². The van der Waals surface area contributed by atoms with Crippen LogP contribution in [0.5, 0.6) is 0 Å². The molecule has 1 unspecified atom stereocenters. The van der Waals surface area contributed by atoms with Gasteiger partial charge in [-0.15, -0.1) is 0 Å². The molecule has 2 atom stereocenters. The fourth-order valence-electron chi connectivity index (χ4n) is 3.71. The molecule has 0 spiro atoms. The van der Waals surface area contributed by atoms with Crippen LogP contribution in [0, 0.1) is 0 Å². The van der Waals surface area contributed by atoms with E-state index >= 15 is 0 Å². The molecule has 2 aromatic heterocycles. The minimum atomic E-state index is -0.527. The average molecular weight is 479 g/mol. The van der Waals surface area contributed by atoms with Gasteiger partial charge in [0.2, 0.25) is 0 Å². The summed E-state index contributed by atoms with van der Waals surface area (Å²) in [6, 6.07) is 7.88. The lowest BCUT2D eigenvalue weighted by Crippen LogP contribution is -2.35. The molecule has 35 heavy (non-hydrogen) atoms. The number of hydrogen-bond acceptors (Lipinski definition) is 7. The normalized spacial score (nSPS) is 22.1. The number of rotatable bonds is 7. The lowest BCUT2D eigenvalue weighted by atomic mass is 10.1. The van der Waals surface area contributed by atoms with Crippen LogP contribution >= 0.6 is 0 Å². The number of anilines is 2. The van der Waals surface area contributed by atoms with Gasteiger partial charge in [0.05, 0.1) is 23.0 Å². The number of piperidine rings is 1. The Morgan fingerprint density at radius 2 is 1.91 bits per heavy atom. The lowest BCUT2D eigenvalue weighted by molar-refractivity contribution is 0.0724. The minimum absolute atomic E-state index is 0.0549. The third-order valence-corrected chi connectivity index (χ3v) is 6.07. The highest BCUT2D eigenvalue weighted by molar-refractivity contribution is 6.01. The van der Waals surface area contributed by atoms with Gasteiger partial charge < -0.3 is 10.0 Å². The van der Waals surface area contributed by atoms with Gasteiger partial charge in [0.15, 0.2) is 0 Å². The Morgan fingerprint density at radius 1 is 1.17 bits per heavy atom. The number of nitrogens with zero attached hydrogens (tertiary/aromatic N) is 5. The topological polar surface area (TPSA) is 144 Å². The summed E-state index contributed by atoms with van der Waals surface area (Å²) in [5, 5.41) is 19.0. The minimum Gasteiger partial charge on any atom is -0.391 e. The summed E-state index contributed by atoms with van der Waals surface area (Å²) >= 11 is 0. The molecule has 3 heterocycles. The molecule has 11 nitrogen and oxygen atoms in total. The summed E-state index contributed by atoms with van der Waals surface area (Å²) in [4.78, 5) is 39.8. The highest BCUT2D eigenvalue weighted by Gasteiger charge is 2.49. The smallest absolute Gasteiger partial charge is 0.326 e. The van der Waals surface area contributed by atoms with Crippen molar-refractivity contribution in [2.24, 2.45) is 10.1 Å². The molecular formula is C24H30N8O3. The summed E-state index contributed by atoms with van der Waals surface area (Å²) in [6.07, 6.45) is 6.34. The summed E-state index contributed by atoms with van der Waals surface area (Å²) < 4.78 is 0. The monoisotopic (exact) mass is 478 g/mol. The Morgan fingerprint density at radius 3 is 2.66 bits per heavy atom. The number of aliphatic imine (C=N–C) groups is 1. The Bertz CT molecular complexity index is 1150. The van der Waals surface area contributed by atoms with Gasteiger partial charge in [0, 0.05) is 31.3 Å². The van der Waals surface area contributed by atoms with Gasteiger partial charge in [-0.1, -0.05) is 6.07 Å². The van der Waals surface area contributed by atoms with Crippen molar-refractivity contribution >= 4 is 35.6 Å². The number of aromatic nitrogens is 2. The number of aliphatic hydroxyl groups is 1. The van der Waals surface area contributed by atoms with Crippen LogP contribution in [0.3, 0.4) is 0 Å². The SMILES string of the molecule is C/C(=N\NC=NC1(C)C[C@H]1O)c1cccc(NC(=O)Nc2cc(C(=O)N3CCCCC3)ccn2)n1. The number of amides is 3. The van der Waals surface area contributed by atoms with E-state index in [4.69, 9.17) is 0 Å². The van der Waals surface area contributed by atoms with Gasteiger partial charge in [-0.3, -0.25) is 25.8 Å². The molecule has 4 N–H and O–H groups in total. The fourth-order valence-corrected chi connectivity index (χ4v) is 3.71. The second-order valence-corrected chi connectivity index (χ2v) is 8.93. The molecule has 11 heteroatoms. The first-order valence-corrected chi connectivity index (χ1v) is 11.7. The van der Waals surface area contributed by atoms with Gasteiger partial charge in [-0.2, -0.15) is 5.10 Å². The first kappa shape index (κ1) is 24.3. The molecule has 4 rings (SSSR count). The van der Waals surface area contributed by atoms with Crippen LogP contribution < -0.4 is 16.1 Å². The lowest BCUT2D eigenvalue weighted by Gasteiger charge is -2.26. The molecule has 0 bridgehead atoms. The van der Waals surface area contributed by atoms with Crippen LogP contribution in [0.25, 0.3) is 0 Å². The molecule has 2 aliphatic rings. The van der Waals surface area contributed by atoms with Crippen molar-refractivity contribution < 1.29 is 14.7 Å². The van der Waals surface area contributed by atoms with E-state index in [-0.39, 0.29) is 11.7 Å². The van der Waals surface area contributed by atoms with Crippen molar-refractivity contribution in [3.05, 3.63) is 47.8 Å². The maximum absolute atomic E-state index is 12.7. The fraction of sp³-hybridized carbons (Fsp3) is 0.417.